The number of carbonyl (C=O) groups is 4. The molecule has 1 unspecified atom stereocenters. The fraction of sp³-hybridized carbons (Fsp3) is 0.273. The lowest BCUT2D eigenvalue weighted by Gasteiger charge is -2.24. The van der Waals surface area contributed by atoms with Crippen molar-refractivity contribution in [1.82, 2.24) is 0 Å². The Bertz CT molecular complexity index is 1110. The molecule has 2 aromatic carbocycles. The fourth-order valence-electron chi connectivity index (χ4n) is 2.69. The minimum atomic E-state index is -1.25. The van der Waals surface area contributed by atoms with Crippen LogP contribution in [0.3, 0.4) is 0 Å². The van der Waals surface area contributed by atoms with Gasteiger partial charge in [-0.05, 0) is 73.3 Å². The molecule has 0 spiro atoms. The van der Waals surface area contributed by atoms with Gasteiger partial charge in [0.05, 0.1) is 27.6 Å². The molecular weight excluding hydrogens is 785 g/mol. The maximum atomic E-state index is 13.1. The number of anilines is 2. The van der Waals surface area contributed by atoms with Crippen LogP contribution in [0.4, 0.5) is 16.2 Å². The van der Waals surface area contributed by atoms with Crippen molar-refractivity contribution in [3.63, 3.8) is 0 Å². The van der Waals surface area contributed by atoms with Crippen LogP contribution in [0.2, 0.25) is 0 Å². The minimum absolute atomic E-state index is 0.00801. The maximum Gasteiger partial charge on any atom is 0.511 e. The molecule has 0 bridgehead atoms. The average Bonchev–Trinajstić information content (AvgIpc) is 2.75. The molecule has 34 heavy (non-hydrogen) atoms. The molecule has 0 heterocycles. The summed E-state index contributed by atoms with van der Waals surface area (Å²) >= 11 is 5.89. The van der Waals surface area contributed by atoms with Crippen molar-refractivity contribution >= 4 is 103 Å². The Hall–Kier alpha value is -1.69. The van der Waals surface area contributed by atoms with Gasteiger partial charge in [0.2, 0.25) is 18.1 Å². The highest BCUT2D eigenvalue weighted by molar-refractivity contribution is 14.1. The number of hydrogen-bond acceptors (Lipinski definition) is 7. The van der Waals surface area contributed by atoms with Gasteiger partial charge in [0.1, 0.15) is 6.61 Å². The average molecular weight is 806 g/mol. The third kappa shape index (κ3) is 7.40. The van der Waals surface area contributed by atoms with E-state index in [4.69, 9.17) is 14.2 Å². The minimum Gasteiger partial charge on any atom is -0.429 e. The fourth-order valence-corrected chi connectivity index (χ4v) is 7.29. The SMILES string of the molecule is CC(=O)Nc1c(I)c(C(=O)OC(C)OC(=O)OCc2ccccc2)c(I)c(N(C)C(C)=O)c1I. The van der Waals surface area contributed by atoms with E-state index < -0.39 is 18.4 Å². The van der Waals surface area contributed by atoms with Gasteiger partial charge in [0.15, 0.2) is 0 Å². The van der Waals surface area contributed by atoms with E-state index in [0.717, 1.165) is 5.56 Å². The van der Waals surface area contributed by atoms with Crippen LogP contribution in [0.5, 0.6) is 0 Å². The smallest absolute Gasteiger partial charge is 0.429 e. The topological polar surface area (TPSA) is 111 Å². The summed E-state index contributed by atoms with van der Waals surface area (Å²) in [7, 11) is 1.57. The zero-order valence-electron chi connectivity index (χ0n) is 18.6. The number of halogens is 3. The molecule has 1 atom stereocenters. The van der Waals surface area contributed by atoms with Gasteiger partial charge in [0, 0.05) is 27.8 Å². The van der Waals surface area contributed by atoms with Crippen molar-refractivity contribution in [2.45, 2.75) is 33.7 Å². The van der Waals surface area contributed by atoms with Crippen molar-refractivity contribution in [3.8, 4) is 0 Å². The lowest BCUT2D eigenvalue weighted by Crippen LogP contribution is -2.28. The third-order valence-corrected chi connectivity index (χ3v) is 7.52. The molecule has 2 amide bonds. The molecule has 2 aromatic rings. The van der Waals surface area contributed by atoms with E-state index >= 15 is 0 Å². The summed E-state index contributed by atoms with van der Waals surface area (Å²) in [5.74, 6) is -1.40. The number of amides is 2. The molecule has 0 fully saturated rings. The second-order valence-corrected chi connectivity index (χ2v) is 10.2. The van der Waals surface area contributed by atoms with Crippen molar-refractivity contribution in [2.24, 2.45) is 0 Å². The number of carbonyl (C=O) groups excluding carboxylic acids is 4. The van der Waals surface area contributed by atoms with Crippen molar-refractivity contribution in [1.29, 1.82) is 0 Å². The summed E-state index contributed by atoms with van der Waals surface area (Å²) in [6, 6.07) is 9.05. The second kappa shape index (κ2) is 12.9. The molecule has 182 valence electrons. The molecule has 0 aliphatic heterocycles. The van der Waals surface area contributed by atoms with Crippen LogP contribution in [0, 0.1) is 10.7 Å². The zero-order valence-corrected chi connectivity index (χ0v) is 25.1. The van der Waals surface area contributed by atoms with Gasteiger partial charge >= 0.3 is 12.1 Å². The van der Waals surface area contributed by atoms with Crippen LogP contribution in [0.25, 0.3) is 0 Å². The summed E-state index contributed by atoms with van der Waals surface area (Å²) in [6.45, 7) is 4.12. The van der Waals surface area contributed by atoms with Gasteiger partial charge in [-0.2, -0.15) is 0 Å². The second-order valence-electron chi connectivity index (χ2n) is 6.91. The predicted molar refractivity (Wildman–Crippen MR) is 151 cm³/mol. The first kappa shape index (κ1) is 28.5. The van der Waals surface area contributed by atoms with Crippen molar-refractivity contribution in [2.75, 3.05) is 17.3 Å². The Kier molecular flexibility index (Phi) is 10.8. The molecule has 9 nitrogen and oxygen atoms in total. The number of benzene rings is 2. The highest BCUT2D eigenvalue weighted by atomic mass is 127. The third-order valence-electron chi connectivity index (χ3n) is 4.34. The molecule has 0 radical (unpaired) electrons. The van der Waals surface area contributed by atoms with E-state index in [1.54, 1.807) is 19.2 Å². The van der Waals surface area contributed by atoms with Gasteiger partial charge in [-0.3, -0.25) is 9.59 Å². The molecule has 1 N–H and O–H groups in total. The van der Waals surface area contributed by atoms with Crippen LogP contribution in [-0.4, -0.2) is 37.3 Å². The Morgan fingerprint density at radius 1 is 0.971 bits per heavy atom. The largest absolute Gasteiger partial charge is 0.511 e. The van der Waals surface area contributed by atoms with Crippen LogP contribution in [0.1, 0.15) is 36.7 Å². The van der Waals surface area contributed by atoms with E-state index in [-0.39, 0.29) is 24.0 Å². The normalized spacial score (nSPS) is 11.3. The zero-order chi connectivity index (χ0) is 25.6. The Balaban J connectivity index is 2.26. The monoisotopic (exact) mass is 806 g/mol. The molecule has 0 saturated heterocycles. The van der Waals surface area contributed by atoms with E-state index in [1.165, 1.54) is 25.7 Å². The standard InChI is InChI=1S/C22H21I3N2O7/c1-11(28)26-19-16(23)15(17(24)20(18(19)25)27(4)12(2)29)21(30)33-13(3)34-22(31)32-10-14-8-6-5-7-9-14/h5-9,13H,10H2,1-4H3,(H,26,28). The lowest BCUT2D eigenvalue weighted by atomic mass is 10.1. The van der Waals surface area contributed by atoms with E-state index in [1.807, 2.05) is 86.0 Å². The molecule has 0 aromatic heterocycles. The van der Waals surface area contributed by atoms with Crippen LogP contribution in [-0.2, 0) is 30.4 Å². The number of ether oxygens (including phenoxy) is 3. The number of hydrogen-bond donors (Lipinski definition) is 1. The number of rotatable bonds is 7. The molecule has 0 aliphatic carbocycles. The predicted octanol–water partition coefficient (Wildman–Crippen LogP) is 5.30. The van der Waals surface area contributed by atoms with E-state index in [2.05, 4.69) is 5.32 Å². The quantitative estimate of drug-likeness (QED) is 0.230. The summed E-state index contributed by atoms with van der Waals surface area (Å²) < 4.78 is 16.9. The Morgan fingerprint density at radius 2 is 1.59 bits per heavy atom. The molecule has 0 saturated carbocycles. The van der Waals surface area contributed by atoms with Gasteiger partial charge in [0.25, 0.3) is 0 Å². The lowest BCUT2D eigenvalue weighted by molar-refractivity contribution is -0.116. The number of nitrogens with zero attached hydrogens (tertiary/aromatic N) is 1. The number of nitrogens with one attached hydrogen (secondary N) is 1. The van der Waals surface area contributed by atoms with Crippen LogP contribution in [0.15, 0.2) is 30.3 Å². The highest BCUT2D eigenvalue weighted by Gasteiger charge is 2.30. The Labute approximate surface area is 237 Å². The van der Waals surface area contributed by atoms with Crippen LogP contribution < -0.4 is 10.2 Å². The first-order valence-electron chi connectivity index (χ1n) is 9.74. The molecular formula is C22H21I3N2O7. The van der Waals surface area contributed by atoms with Gasteiger partial charge in [-0.15, -0.1) is 0 Å². The highest BCUT2D eigenvalue weighted by Crippen LogP contribution is 2.40. The van der Waals surface area contributed by atoms with Gasteiger partial charge in [-0.1, -0.05) is 30.3 Å². The van der Waals surface area contributed by atoms with Gasteiger partial charge in [-0.25, -0.2) is 9.59 Å². The molecule has 2 rings (SSSR count). The summed E-state index contributed by atoms with van der Waals surface area (Å²) in [4.78, 5) is 50.3. The van der Waals surface area contributed by atoms with Crippen molar-refractivity contribution in [3.05, 3.63) is 52.2 Å². The van der Waals surface area contributed by atoms with E-state index in [9.17, 15) is 19.2 Å². The van der Waals surface area contributed by atoms with Crippen LogP contribution >= 0.6 is 67.8 Å². The van der Waals surface area contributed by atoms with Gasteiger partial charge < -0.3 is 24.4 Å². The summed E-state index contributed by atoms with van der Waals surface area (Å²) in [5, 5.41) is 2.71. The number of esters is 1. The first-order chi connectivity index (χ1) is 15.9. The Morgan fingerprint density at radius 3 is 2.15 bits per heavy atom. The first-order valence-corrected chi connectivity index (χ1v) is 13.0. The van der Waals surface area contributed by atoms with Crippen molar-refractivity contribution < 1.29 is 33.4 Å². The molecule has 0 aliphatic rings. The summed E-state index contributed by atoms with van der Waals surface area (Å²) in [5.41, 5.74) is 1.72. The maximum absolute atomic E-state index is 13.1. The van der Waals surface area contributed by atoms with E-state index in [0.29, 0.717) is 22.1 Å². The summed E-state index contributed by atoms with van der Waals surface area (Å²) in [6.07, 6.45) is -2.24. The molecule has 12 heteroatoms.